The molecule has 1 atom stereocenters. The van der Waals surface area contributed by atoms with Crippen molar-refractivity contribution in [3.63, 3.8) is 0 Å². The van der Waals surface area contributed by atoms with Gasteiger partial charge in [0.1, 0.15) is 5.82 Å². The zero-order valence-electron chi connectivity index (χ0n) is 13.0. The summed E-state index contributed by atoms with van der Waals surface area (Å²) in [5.41, 5.74) is 2.35. The molecular weight excluding hydrogens is 268 g/mol. The Morgan fingerprint density at radius 2 is 2.10 bits per heavy atom. The minimum Gasteiger partial charge on any atom is -0.357 e. The summed E-state index contributed by atoms with van der Waals surface area (Å²) in [4.78, 5) is 7.26. The van der Waals surface area contributed by atoms with Crippen molar-refractivity contribution in [2.24, 2.45) is 11.8 Å². The molecule has 1 unspecified atom stereocenters. The van der Waals surface area contributed by atoms with Crippen molar-refractivity contribution in [1.82, 2.24) is 4.98 Å². The Hall–Kier alpha value is -0.760. The molecule has 1 aliphatic heterocycles. The summed E-state index contributed by atoms with van der Waals surface area (Å²) in [6, 6.07) is 4.30. The second-order valence-electron chi connectivity index (χ2n) is 6.23. The smallest absolute Gasteiger partial charge is 0.129 e. The lowest BCUT2D eigenvalue weighted by molar-refractivity contribution is 0.351. The Labute approximate surface area is 128 Å². The van der Waals surface area contributed by atoms with Crippen LogP contribution in [-0.4, -0.2) is 18.1 Å². The van der Waals surface area contributed by atoms with Crippen LogP contribution in [0, 0.1) is 11.8 Å². The molecule has 2 rings (SSSR count). The van der Waals surface area contributed by atoms with Crippen LogP contribution in [0.25, 0.3) is 0 Å². The number of hydrogen-bond donors (Lipinski definition) is 0. The van der Waals surface area contributed by atoms with E-state index in [0.29, 0.717) is 5.88 Å². The van der Waals surface area contributed by atoms with Gasteiger partial charge in [0.25, 0.3) is 0 Å². The summed E-state index contributed by atoms with van der Waals surface area (Å²) in [5.74, 6) is 3.36. The average Bonchev–Trinajstić information content (AvgIpc) is 2.72. The van der Waals surface area contributed by atoms with Crippen molar-refractivity contribution in [2.75, 3.05) is 18.0 Å². The minimum absolute atomic E-state index is 0.574. The third kappa shape index (κ3) is 3.88. The molecule has 3 heteroatoms. The van der Waals surface area contributed by atoms with Crippen LogP contribution >= 0.6 is 11.6 Å². The number of aryl methyl sites for hydroxylation is 1. The number of aromatic nitrogens is 1. The molecule has 1 saturated heterocycles. The van der Waals surface area contributed by atoms with Crippen LogP contribution in [-0.2, 0) is 12.3 Å². The first-order valence-corrected chi connectivity index (χ1v) is 8.48. The van der Waals surface area contributed by atoms with Crippen LogP contribution in [0.5, 0.6) is 0 Å². The lowest BCUT2D eigenvalue weighted by atomic mass is 9.89. The third-order valence-corrected chi connectivity index (χ3v) is 4.79. The van der Waals surface area contributed by atoms with E-state index in [1.54, 1.807) is 0 Å². The van der Waals surface area contributed by atoms with Crippen LogP contribution in [0.15, 0.2) is 12.1 Å². The van der Waals surface area contributed by atoms with Gasteiger partial charge in [0.2, 0.25) is 0 Å². The van der Waals surface area contributed by atoms with E-state index in [1.165, 1.54) is 24.8 Å². The van der Waals surface area contributed by atoms with Gasteiger partial charge in [-0.05, 0) is 55.2 Å². The predicted octanol–water partition coefficient (Wildman–Crippen LogP) is 4.65. The van der Waals surface area contributed by atoms with Crippen LogP contribution in [0.3, 0.4) is 0 Å². The highest BCUT2D eigenvalue weighted by Crippen LogP contribution is 2.27. The monoisotopic (exact) mass is 294 g/mol. The molecule has 112 valence electrons. The molecule has 1 aliphatic rings. The molecule has 2 heterocycles. The lowest BCUT2D eigenvalue weighted by Gasteiger charge is -2.23. The van der Waals surface area contributed by atoms with Gasteiger partial charge in [-0.15, -0.1) is 11.6 Å². The average molecular weight is 295 g/mol. The van der Waals surface area contributed by atoms with Crippen molar-refractivity contribution in [3.05, 3.63) is 23.4 Å². The first-order valence-electron chi connectivity index (χ1n) is 7.94. The van der Waals surface area contributed by atoms with E-state index in [4.69, 9.17) is 16.6 Å². The summed E-state index contributed by atoms with van der Waals surface area (Å²) < 4.78 is 0. The Kier molecular flexibility index (Phi) is 5.71. The zero-order valence-corrected chi connectivity index (χ0v) is 13.8. The number of hydrogen-bond acceptors (Lipinski definition) is 2. The van der Waals surface area contributed by atoms with Crippen molar-refractivity contribution in [1.29, 1.82) is 0 Å². The number of alkyl halides is 1. The number of anilines is 1. The molecule has 1 fully saturated rings. The minimum atomic E-state index is 0.574. The van der Waals surface area contributed by atoms with Crippen LogP contribution < -0.4 is 4.90 Å². The van der Waals surface area contributed by atoms with Crippen LogP contribution in [0.4, 0.5) is 5.82 Å². The summed E-state index contributed by atoms with van der Waals surface area (Å²) in [6.45, 7) is 9.11. The molecule has 0 spiro atoms. The molecule has 0 bridgehead atoms. The SMILES string of the molecule is CCc1cc(CCl)cc(N2CCCC(C(C)C)CC2)n1. The fourth-order valence-electron chi connectivity index (χ4n) is 3.07. The largest absolute Gasteiger partial charge is 0.357 e. The van der Waals surface area contributed by atoms with E-state index in [-0.39, 0.29) is 0 Å². The molecule has 0 saturated carbocycles. The van der Waals surface area contributed by atoms with Gasteiger partial charge in [0, 0.05) is 24.7 Å². The molecule has 20 heavy (non-hydrogen) atoms. The zero-order chi connectivity index (χ0) is 14.5. The van der Waals surface area contributed by atoms with E-state index in [1.807, 2.05) is 0 Å². The summed E-state index contributed by atoms with van der Waals surface area (Å²) in [6.07, 6.45) is 4.88. The first-order chi connectivity index (χ1) is 9.63. The van der Waals surface area contributed by atoms with Gasteiger partial charge in [-0.2, -0.15) is 0 Å². The topological polar surface area (TPSA) is 16.1 Å². The summed E-state index contributed by atoms with van der Waals surface area (Å²) in [7, 11) is 0. The van der Waals surface area contributed by atoms with E-state index in [0.717, 1.165) is 42.9 Å². The Morgan fingerprint density at radius 3 is 2.75 bits per heavy atom. The van der Waals surface area contributed by atoms with Gasteiger partial charge in [0.05, 0.1) is 0 Å². The molecular formula is C17H27ClN2. The van der Waals surface area contributed by atoms with E-state index < -0.39 is 0 Å². The maximum atomic E-state index is 6.02. The summed E-state index contributed by atoms with van der Waals surface area (Å²) >= 11 is 6.02. The molecule has 0 amide bonds. The molecule has 1 aromatic rings. The van der Waals surface area contributed by atoms with Crippen molar-refractivity contribution >= 4 is 17.4 Å². The highest BCUT2D eigenvalue weighted by molar-refractivity contribution is 6.17. The highest BCUT2D eigenvalue weighted by atomic mass is 35.5. The number of rotatable bonds is 4. The standard InChI is InChI=1S/C17H27ClN2/c1-4-16-10-14(12-18)11-17(19-16)20-8-5-6-15(7-9-20)13(2)3/h10-11,13,15H,4-9,12H2,1-3H3. The van der Waals surface area contributed by atoms with Crippen LogP contribution in [0.2, 0.25) is 0 Å². The molecule has 0 radical (unpaired) electrons. The normalized spacial score (nSPS) is 20.2. The molecule has 0 aromatic carbocycles. The van der Waals surface area contributed by atoms with Crippen molar-refractivity contribution < 1.29 is 0 Å². The molecule has 0 aliphatic carbocycles. The summed E-state index contributed by atoms with van der Waals surface area (Å²) in [5, 5.41) is 0. The molecule has 0 N–H and O–H groups in total. The van der Waals surface area contributed by atoms with Gasteiger partial charge < -0.3 is 4.90 Å². The Bertz CT molecular complexity index is 409. The third-order valence-electron chi connectivity index (χ3n) is 4.48. The second-order valence-corrected chi connectivity index (χ2v) is 6.50. The fourth-order valence-corrected chi connectivity index (χ4v) is 3.23. The number of nitrogens with zero attached hydrogens (tertiary/aromatic N) is 2. The highest BCUT2D eigenvalue weighted by Gasteiger charge is 2.20. The van der Waals surface area contributed by atoms with Gasteiger partial charge >= 0.3 is 0 Å². The van der Waals surface area contributed by atoms with Crippen molar-refractivity contribution in [2.45, 2.75) is 52.3 Å². The van der Waals surface area contributed by atoms with Gasteiger partial charge in [-0.3, -0.25) is 0 Å². The predicted molar refractivity (Wildman–Crippen MR) is 87.6 cm³/mol. The van der Waals surface area contributed by atoms with Gasteiger partial charge in [-0.1, -0.05) is 20.8 Å². The second kappa shape index (κ2) is 7.31. The van der Waals surface area contributed by atoms with E-state index in [9.17, 15) is 0 Å². The Balaban J connectivity index is 2.14. The van der Waals surface area contributed by atoms with Gasteiger partial charge in [-0.25, -0.2) is 4.98 Å². The first kappa shape index (κ1) is 15.6. The Morgan fingerprint density at radius 1 is 1.30 bits per heavy atom. The fraction of sp³-hybridized carbons (Fsp3) is 0.706. The van der Waals surface area contributed by atoms with Crippen molar-refractivity contribution in [3.8, 4) is 0 Å². The maximum absolute atomic E-state index is 6.02. The quantitative estimate of drug-likeness (QED) is 0.752. The number of pyridine rings is 1. The lowest BCUT2D eigenvalue weighted by Crippen LogP contribution is -2.26. The van der Waals surface area contributed by atoms with Gasteiger partial charge in [0.15, 0.2) is 0 Å². The van der Waals surface area contributed by atoms with Crippen LogP contribution in [0.1, 0.15) is 51.3 Å². The van der Waals surface area contributed by atoms with E-state index in [2.05, 4.69) is 37.8 Å². The van der Waals surface area contributed by atoms with E-state index >= 15 is 0 Å². The maximum Gasteiger partial charge on any atom is 0.129 e. The number of halogens is 1. The molecule has 1 aromatic heterocycles. The molecule has 2 nitrogen and oxygen atoms in total.